The van der Waals surface area contributed by atoms with Gasteiger partial charge in [0, 0.05) is 39.5 Å². The molecule has 0 aliphatic carbocycles. The van der Waals surface area contributed by atoms with Crippen LogP contribution in [0.1, 0.15) is 49.7 Å². The van der Waals surface area contributed by atoms with Gasteiger partial charge in [-0.15, -0.1) is 0 Å². The number of hydrogen-bond acceptors (Lipinski definition) is 3. The third-order valence-corrected chi connectivity index (χ3v) is 5.14. The summed E-state index contributed by atoms with van der Waals surface area (Å²) < 4.78 is 5.84. The first-order valence-corrected chi connectivity index (χ1v) is 9.70. The van der Waals surface area contributed by atoms with Gasteiger partial charge in [0.05, 0.1) is 6.61 Å². The lowest BCUT2D eigenvalue weighted by Crippen LogP contribution is -2.36. The Balaban J connectivity index is 1.67. The average molecular weight is 360 g/mol. The second-order valence-electron chi connectivity index (χ2n) is 7.16. The quantitative estimate of drug-likeness (QED) is 0.668. The number of carbonyl (C=O) groups is 2. The molecule has 1 aromatic rings. The van der Waals surface area contributed by atoms with Gasteiger partial charge in [-0.2, -0.15) is 0 Å². The van der Waals surface area contributed by atoms with Crippen LogP contribution in [-0.4, -0.2) is 54.9 Å². The van der Waals surface area contributed by atoms with Crippen molar-refractivity contribution in [1.82, 2.24) is 9.80 Å². The van der Waals surface area contributed by atoms with Crippen molar-refractivity contribution in [3.63, 3.8) is 0 Å². The summed E-state index contributed by atoms with van der Waals surface area (Å²) in [5.74, 6) is 1.20. The van der Waals surface area contributed by atoms with E-state index in [1.165, 1.54) is 11.1 Å². The van der Waals surface area contributed by atoms with Crippen molar-refractivity contribution in [3.8, 4) is 5.75 Å². The minimum atomic E-state index is 0.0915. The molecular formula is C21H32N2O3. The summed E-state index contributed by atoms with van der Waals surface area (Å²) >= 11 is 0. The Morgan fingerprint density at radius 1 is 1.23 bits per heavy atom. The fraction of sp³-hybridized carbons (Fsp3) is 0.619. The molecule has 1 saturated heterocycles. The SMILES string of the molecule is Cc1cccc(OCCCN(C)C(=O)CCN2CCCCCC2=O)c1C. The molecule has 1 aromatic carbocycles. The van der Waals surface area contributed by atoms with Gasteiger partial charge in [-0.3, -0.25) is 9.59 Å². The number of rotatable bonds is 8. The van der Waals surface area contributed by atoms with Crippen LogP contribution >= 0.6 is 0 Å². The fourth-order valence-corrected chi connectivity index (χ4v) is 3.19. The first-order chi connectivity index (χ1) is 12.5. The van der Waals surface area contributed by atoms with E-state index < -0.39 is 0 Å². The van der Waals surface area contributed by atoms with Crippen LogP contribution in [0.5, 0.6) is 5.75 Å². The summed E-state index contributed by atoms with van der Waals surface area (Å²) in [5.41, 5.74) is 2.39. The molecule has 0 atom stereocenters. The van der Waals surface area contributed by atoms with E-state index in [1.54, 1.807) is 4.90 Å². The van der Waals surface area contributed by atoms with Gasteiger partial charge in [0.15, 0.2) is 0 Å². The zero-order valence-electron chi connectivity index (χ0n) is 16.4. The molecule has 1 heterocycles. The highest BCUT2D eigenvalue weighted by atomic mass is 16.5. The summed E-state index contributed by atoms with van der Waals surface area (Å²) in [6, 6.07) is 6.05. The molecule has 5 nitrogen and oxygen atoms in total. The molecule has 0 N–H and O–H groups in total. The van der Waals surface area contributed by atoms with E-state index in [9.17, 15) is 9.59 Å². The van der Waals surface area contributed by atoms with Crippen LogP contribution in [0.15, 0.2) is 18.2 Å². The molecule has 0 spiro atoms. The Labute approximate surface area is 157 Å². The number of aryl methyl sites for hydroxylation is 1. The zero-order valence-corrected chi connectivity index (χ0v) is 16.4. The van der Waals surface area contributed by atoms with E-state index >= 15 is 0 Å². The van der Waals surface area contributed by atoms with Crippen LogP contribution in [0, 0.1) is 13.8 Å². The first kappa shape index (κ1) is 20.3. The number of likely N-dealkylation sites (tertiary alicyclic amines) is 1. The predicted octanol–water partition coefficient (Wildman–Crippen LogP) is 3.32. The highest BCUT2D eigenvalue weighted by Gasteiger charge is 2.18. The van der Waals surface area contributed by atoms with E-state index in [2.05, 4.69) is 19.9 Å². The number of benzene rings is 1. The molecule has 1 aliphatic rings. The standard InChI is InChI=1S/C21H32N2O3/c1-17-9-7-10-19(18(17)2)26-16-8-13-22(3)20(24)12-15-23-14-6-4-5-11-21(23)25/h7,9-10H,4-6,8,11-16H2,1-3H3. The van der Waals surface area contributed by atoms with E-state index in [4.69, 9.17) is 4.74 Å². The average Bonchev–Trinajstić information content (AvgIpc) is 2.84. The predicted molar refractivity (Wildman–Crippen MR) is 103 cm³/mol. The third kappa shape index (κ3) is 6.04. The van der Waals surface area contributed by atoms with Crippen molar-refractivity contribution in [2.24, 2.45) is 0 Å². The van der Waals surface area contributed by atoms with Gasteiger partial charge in [-0.05, 0) is 50.3 Å². The van der Waals surface area contributed by atoms with Crippen molar-refractivity contribution in [3.05, 3.63) is 29.3 Å². The lowest BCUT2D eigenvalue weighted by Gasteiger charge is -2.22. The van der Waals surface area contributed by atoms with Gasteiger partial charge in [-0.1, -0.05) is 18.6 Å². The Hall–Kier alpha value is -2.04. The fourth-order valence-electron chi connectivity index (χ4n) is 3.19. The summed E-state index contributed by atoms with van der Waals surface area (Å²) in [4.78, 5) is 27.9. The number of amides is 2. The highest BCUT2D eigenvalue weighted by Crippen LogP contribution is 2.20. The Bertz CT molecular complexity index is 615. The van der Waals surface area contributed by atoms with Gasteiger partial charge in [0.2, 0.25) is 11.8 Å². The maximum absolute atomic E-state index is 12.3. The molecule has 26 heavy (non-hydrogen) atoms. The maximum Gasteiger partial charge on any atom is 0.224 e. The van der Waals surface area contributed by atoms with Crippen LogP contribution in [0.4, 0.5) is 0 Å². The highest BCUT2D eigenvalue weighted by molar-refractivity contribution is 5.79. The largest absolute Gasteiger partial charge is 0.493 e. The molecule has 0 unspecified atom stereocenters. The van der Waals surface area contributed by atoms with Crippen molar-refractivity contribution >= 4 is 11.8 Å². The van der Waals surface area contributed by atoms with Crippen molar-refractivity contribution in [2.75, 3.05) is 33.3 Å². The van der Waals surface area contributed by atoms with Gasteiger partial charge < -0.3 is 14.5 Å². The topological polar surface area (TPSA) is 49.9 Å². The Morgan fingerprint density at radius 3 is 2.85 bits per heavy atom. The normalized spacial score (nSPS) is 14.9. The van der Waals surface area contributed by atoms with Gasteiger partial charge in [-0.25, -0.2) is 0 Å². The Kier molecular flexibility index (Phi) is 7.95. The molecule has 1 fully saturated rings. The molecule has 0 aromatic heterocycles. The summed E-state index contributed by atoms with van der Waals surface area (Å²) in [7, 11) is 1.82. The molecule has 0 radical (unpaired) electrons. The maximum atomic E-state index is 12.3. The minimum Gasteiger partial charge on any atom is -0.493 e. The number of ether oxygens (including phenoxy) is 1. The van der Waals surface area contributed by atoms with Gasteiger partial charge >= 0.3 is 0 Å². The van der Waals surface area contributed by atoms with Crippen LogP contribution in [0.2, 0.25) is 0 Å². The number of carbonyl (C=O) groups excluding carboxylic acids is 2. The number of hydrogen-bond donors (Lipinski definition) is 0. The van der Waals surface area contributed by atoms with E-state index in [-0.39, 0.29) is 11.8 Å². The molecule has 144 valence electrons. The second kappa shape index (κ2) is 10.2. The minimum absolute atomic E-state index is 0.0915. The molecule has 2 amide bonds. The third-order valence-electron chi connectivity index (χ3n) is 5.14. The van der Waals surface area contributed by atoms with Gasteiger partial charge in [0.1, 0.15) is 5.75 Å². The van der Waals surface area contributed by atoms with Crippen molar-refractivity contribution < 1.29 is 14.3 Å². The van der Waals surface area contributed by atoms with Crippen molar-refractivity contribution in [2.45, 2.75) is 52.4 Å². The molecular weight excluding hydrogens is 328 g/mol. The van der Waals surface area contributed by atoms with E-state index in [0.29, 0.717) is 32.5 Å². The molecule has 0 saturated carbocycles. The summed E-state index contributed by atoms with van der Waals surface area (Å²) in [6.45, 7) is 6.72. The lowest BCUT2D eigenvalue weighted by molar-refractivity contribution is -0.133. The molecule has 1 aliphatic heterocycles. The van der Waals surface area contributed by atoms with Gasteiger partial charge in [0.25, 0.3) is 0 Å². The first-order valence-electron chi connectivity index (χ1n) is 9.70. The Morgan fingerprint density at radius 2 is 2.04 bits per heavy atom. The summed E-state index contributed by atoms with van der Waals surface area (Å²) in [5, 5.41) is 0. The van der Waals surface area contributed by atoms with Crippen LogP contribution in [0.3, 0.4) is 0 Å². The van der Waals surface area contributed by atoms with E-state index in [0.717, 1.165) is 38.0 Å². The lowest BCUT2D eigenvalue weighted by atomic mass is 10.1. The molecule has 0 bridgehead atoms. The smallest absolute Gasteiger partial charge is 0.224 e. The van der Waals surface area contributed by atoms with Crippen LogP contribution in [0.25, 0.3) is 0 Å². The molecule has 2 rings (SSSR count). The van der Waals surface area contributed by atoms with Crippen LogP contribution in [-0.2, 0) is 9.59 Å². The van der Waals surface area contributed by atoms with Crippen LogP contribution < -0.4 is 4.74 Å². The zero-order chi connectivity index (χ0) is 18.9. The number of nitrogens with zero attached hydrogens (tertiary/aromatic N) is 2. The van der Waals surface area contributed by atoms with E-state index in [1.807, 2.05) is 24.1 Å². The summed E-state index contributed by atoms with van der Waals surface area (Å²) in [6.07, 6.45) is 4.95. The monoisotopic (exact) mass is 360 g/mol. The van der Waals surface area contributed by atoms with Crippen molar-refractivity contribution in [1.29, 1.82) is 0 Å². The second-order valence-corrected chi connectivity index (χ2v) is 7.16. The molecule has 5 heteroatoms.